The number of nitrogens with one attached hydrogen (secondary N) is 1. The van der Waals surface area contributed by atoms with E-state index in [-0.39, 0.29) is 17.7 Å². The number of carbonyl (C=O) groups excluding carboxylic acids is 1. The fourth-order valence-electron chi connectivity index (χ4n) is 1.96. The average Bonchev–Trinajstić information content (AvgIpc) is 3.23. The second-order valence-electron chi connectivity index (χ2n) is 5.46. The van der Waals surface area contributed by atoms with E-state index in [0.717, 1.165) is 12.8 Å². The molecule has 3 rings (SSSR count). The molecule has 1 fully saturated rings. The number of nitrogens with zero attached hydrogens (tertiary/aromatic N) is 4. The first-order chi connectivity index (χ1) is 11.8. The van der Waals surface area contributed by atoms with E-state index in [4.69, 9.17) is 0 Å². The van der Waals surface area contributed by atoms with E-state index in [0.29, 0.717) is 10.8 Å². The van der Waals surface area contributed by atoms with Crippen LogP contribution in [0.5, 0.6) is 5.75 Å². The molecule has 0 radical (unpaired) electrons. The van der Waals surface area contributed by atoms with Crippen LogP contribution in [0.2, 0.25) is 0 Å². The molecule has 2 aromatic rings. The van der Waals surface area contributed by atoms with Gasteiger partial charge in [-0.3, -0.25) is 4.79 Å². The van der Waals surface area contributed by atoms with Gasteiger partial charge < -0.3 is 10.1 Å². The Labute approximate surface area is 144 Å². The van der Waals surface area contributed by atoms with Gasteiger partial charge in [-0.05, 0) is 54.5 Å². The zero-order valence-corrected chi connectivity index (χ0v) is 13.8. The lowest BCUT2D eigenvalue weighted by molar-refractivity contribution is -0.274. The van der Waals surface area contributed by atoms with Gasteiger partial charge in [0.25, 0.3) is 0 Å². The fourth-order valence-corrected chi connectivity index (χ4v) is 2.78. The molecular weight excluding hydrogens is 359 g/mol. The van der Waals surface area contributed by atoms with Gasteiger partial charge in [0.1, 0.15) is 5.75 Å². The third kappa shape index (κ3) is 4.84. The molecule has 11 heteroatoms. The molecule has 1 saturated carbocycles. The number of alkyl halides is 3. The van der Waals surface area contributed by atoms with Crippen LogP contribution < -0.4 is 10.1 Å². The van der Waals surface area contributed by atoms with Crippen LogP contribution in [0, 0.1) is 0 Å². The number of carbonyl (C=O) groups is 1. The Morgan fingerprint density at radius 3 is 2.64 bits per heavy atom. The van der Waals surface area contributed by atoms with Gasteiger partial charge in [-0.1, -0.05) is 11.8 Å². The summed E-state index contributed by atoms with van der Waals surface area (Å²) in [5.74, 6) is -0.438. The molecule has 1 aromatic carbocycles. The average molecular weight is 373 g/mol. The van der Waals surface area contributed by atoms with Crippen molar-refractivity contribution in [3.8, 4) is 11.4 Å². The minimum Gasteiger partial charge on any atom is -0.406 e. The van der Waals surface area contributed by atoms with E-state index in [1.54, 1.807) is 6.92 Å². The van der Waals surface area contributed by atoms with Crippen LogP contribution in [0.15, 0.2) is 29.4 Å². The molecule has 25 heavy (non-hydrogen) atoms. The number of amides is 1. The summed E-state index contributed by atoms with van der Waals surface area (Å²) < 4.78 is 41.8. The summed E-state index contributed by atoms with van der Waals surface area (Å²) in [5, 5.41) is 14.1. The van der Waals surface area contributed by atoms with E-state index < -0.39 is 11.6 Å². The summed E-state index contributed by atoms with van der Waals surface area (Å²) in [7, 11) is 0. The number of halogens is 3. The topological polar surface area (TPSA) is 81.9 Å². The maximum Gasteiger partial charge on any atom is 0.573 e. The highest BCUT2D eigenvalue weighted by molar-refractivity contribution is 8.00. The molecule has 0 bridgehead atoms. The molecule has 7 nitrogen and oxygen atoms in total. The third-order valence-electron chi connectivity index (χ3n) is 3.33. The maximum atomic E-state index is 12.2. The van der Waals surface area contributed by atoms with Crippen molar-refractivity contribution in [2.24, 2.45) is 0 Å². The van der Waals surface area contributed by atoms with Crippen molar-refractivity contribution >= 4 is 17.7 Å². The van der Waals surface area contributed by atoms with Crippen LogP contribution >= 0.6 is 11.8 Å². The number of aromatic nitrogens is 4. The van der Waals surface area contributed by atoms with E-state index >= 15 is 0 Å². The lowest BCUT2D eigenvalue weighted by Crippen LogP contribution is -2.32. The number of thioether (sulfide) groups is 1. The highest BCUT2D eigenvalue weighted by atomic mass is 32.2. The predicted molar refractivity (Wildman–Crippen MR) is 82.3 cm³/mol. The first kappa shape index (κ1) is 17.5. The van der Waals surface area contributed by atoms with Crippen molar-refractivity contribution in [3.05, 3.63) is 24.3 Å². The molecule has 1 aliphatic rings. The van der Waals surface area contributed by atoms with Gasteiger partial charge in [-0.25, -0.2) is 0 Å². The maximum absolute atomic E-state index is 12.2. The molecular formula is C14H14F3N5O2S. The molecule has 1 heterocycles. The standard InChI is InChI=1S/C14H14F3N5O2S/c1-8(12(23)18-9-2-3-9)25-13-19-20-21-22(13)10-4-6-11(7-5-10)24-14(15,16)17/h4-9H,2-3H2,1H3,(H,18,23)/t8-/m1/s1. The molecule has 1 aliphatic carbocycles. The van der Waals surface area contributed by atoms with Crippen LogP contribution in [0.1, 0.15) is 19.8 Å². The van der Waals surface area contributed by atoms with Crippen LogP contribution in [0.3, 0.4) is 0 Å². The van der Waals surface area contributed by atoms with Crippen LogP contribution in [-0.2, 0) is 4.79 Å². The Hall–Kier alpha value is -2.30. The minimum atomic E-state index is -4.75. The highest BCUT2D eigenvalue weighted by Gasteiger charge is 2.31. The first-order valence-electron chi connectivity index (χ1n) is 7.43. The van der Waals surface area contributed by atoms with E-state index in [9.17, 15) is 18.0 Å². The normalized spacial score (nSPS) is 15.7. The van der Waals surface area contributed by atoms with Gasteiger partial charge in [-0.2, -0.15) is 4.68 Å². The van der Waals surface area contributed by atoms with Crippen molar-refractivity contribution in [1.29, 1.82) is 0 Å². The summed E-state index contributed by atoms with van der Waals surface area (Å²) in [5.41, 5.74) is 0.455. The Morgan fingerprint density at radius 1 is 1.36 bits per heavy atom. The van der Waals surface area contributed by atoms with Crippen LogP contribution in [0.25, 0.3) is 5.69 Å². The Kier molecular flexibility index (Phi) is 4.84. The highest BCUT2D eigenvalue weighted by Crippen LogP contribution is 2.27. The second kappa shape index (κ2) is 6.90. The summed E-state index contributed by atoms with van der Waals surface area (Å²) in [6.45, 7) is 1.74. The molecule has 1 amide bonds. The number of hydrogen-bond acceptors (Lipinski definition) is 6. The Bertz CT molecular complexity index is 746. The lowest BCUT2D eigenvalue weighted by atomic mass is 10.3. The molecule has 1 N–H and O–H groups in total. The minimum absolute atomic E-state index is 0.101. The molecule has 0 spiro atoms. The smallest absolute Gasteiger partial charge is 0.406 e. The molecule has 0 unspecified atom stereocenters. The SMILES string of the molecule is C[C@@H](Sc1nnnn1-c1ccc(OC(F)(F)F)cc1)C(=O)NC1CC1. The number of benzene rings is 1. The number of hydrogen-bond donors (Lipinski definition) is 1. The molecule has 1 aromatic heterocycles. The lowest BCUT2D eigenvalue weighted by Gasteiger charge is -2.12. The zero-order valence-electron chi connectivity index (χ0n) is 13.0. The number of ether oxygens (including phenoxy) is 1. The van der Waals surface area contributed by atoms with Gasteiger partial charge >= 0.3 is 6.36 Å². The van der Waals surface area contributed by atoms with Gasteiger partial charge in [0, 0.05) is 6.04 Å². The molecule has 0 aliphatic heterocycles. The second-order valence-corrected chi connectivity index (χ2v) is 6.77. The van der Waals surface area contributed by atoms with Crippen molar-refractivity contribution in [1.82, 2.24) is 25.5 Å². The third-order valence-corrected chi connectivity index (χ3v) is 4.36. The molecule has 134 valence electrons. The van der Waals surface area contributed by atoms with Gasteiger partial charge in [0.05, 0.1) is 10.9 Å². The van der Waals surface area contributed by atoms with E-state index in [1.165, 1.54) is 40.7 Å². The number of rotatable bonds is 6. The van der Waals surface area contributed by atoms with Gasteiger partial charge in [0.15, 0.2) is 0 Å². The molecule has 1 atom stereocenters. The largest absolute Gasteiger partial charge is 0.573 e. The first-order valence-corrected chi connectivity index (χ1v) is 8.31. The Morgan fingerprint density at radius 2 is 2.04 bits per heavy atom. The summed E-state index contributed by atoms with van der Waals surface area (Å²) >= 11 is 1.17. The summed E-state index contributed by atoms with van der Waals surface area (Å²) in [6.07, 6.45) is -2.76. The molecule has 0 saturated heterocycles. The van der Waals surface area contributed by atoms with Crippen molar-refractivity contribution in [2.45, 2.75) is 42.6 Å². The van der Waals surface area contributed by atoms with Gasteiger partial charge in [-0.15, -0.1) is 18.3 Å². The monoisotopic (exact) mass is 373 g/mol. The van der Waals surface area contributed by atoms with Crippen molar-refractivity contribution < 1.29 is 22.7 Å². The fraction of sp³-hybridized carbons (Fsp3) is 0.429. The Balaban J connectivity index is 1.69. The number of tetrazole rings is 1. The zero-order chi connectivity index (χ0) is 18.0. The predicted octanol–water partition coefficient (Wildman–Crippen LogP) is 2.32. The van der Waals surface area contributed by atoms with E-state index in [1.807, 2.05) is 0 Å². The van der Waals surface area contributed by atoms with E-state index in [2.05, 4.69) is 25.6 Å². The summed E-state index contributed by atoms with van der Waals surface area (Å²) in [4.78, 5) is 12.0. The van der Waals surface area contributed by atoms with Crippen LogP contribution in [0.4, 0.5) is 13.2 Å². The van der Waals surface area contributed by atoms with Crippen molar-refractivity contribution in [3.63, 3.8) is 0 Å². The van der Waals surface area contributed by atoms with Crippen molar-refractivity contribution in [2.75, 3.05) is 0 Å². The van der Waals surface area contributed by atoms with Crippen LogP contribution in [-0.4, -0.2) is 43.8 Å². The summed E-state index contributed by atoms with van der Waals surface area (Å²) in [6, 6.07) is 5.39. The quantitative estimate of drug-likeness (QED) is 0.783. The van der Waals surface area contributed by atoms with Gasteiger partial charge in [0.2, 0.25) is 11.1 Å².